The second-order valence-corrected chi connectivity index (χ2v) is 5.81. The molecule has 2 aromatic heterocycles. The summed E-state index contributed by atoms with van der Waals surface area (Å²) in [6, 6.07) is 7.65. The minimum absolute atomic E-state index is 0.0504. The van der Waals surface area contributed by atoms with Crippen LogP contribution < -0.4 is 5.32 Å². The maximum absolute atomic E-state index is 12.8. The Morgan fingerprint density at radius 2 is 2.00 bits per heavy atom. The van der Waals surface area contributed by atoms with Crippen LogP contribution in [0.15, 0.2) is 42.0 Å². The van der Waals surface area contributed by atoms with E-state index in [1.54, 1.807) is 35.9 Å². The SMILES string of the molecule is O=C(Nc1ccncc1)C1(c2cccs2)CCOCC1. The number of carbonyl (C=O) groups excluding carboxylic acids is 1. The third kappa shape index (κ3) is 2.46. The summed E-state index contributed by atoms with van der Waals surface area (Å²) in [4.78, 5) is 17.9. The molecule has 0 aromatic carbocycles. The molecule has 0 atom stereocenters. The lowest BCUT2D eigenvalue weighted by molar-refractivity contribution is -0.125. The van der Waals surface area contributed by atoms with Gasteiger partial charge in [0.2, 0.25) is 5.91 Å². The predicted molar refractivity (Wildman–Crippen MR) is 78.9 cm³/mol. The number of aromatic nitrogens is 1. The van der Waals surface area contributed by atoms with Crippen molar-refractivity contribution in [2.75, 3.05) is 18.5 Å². The van der Waals surface area contributed by atoms with Gasteiger partial charge in [-0.3, -0.25) is 9.78 Å². The molecular weight excluding hydrogens is 272 g/mol. The molecule has 5 heteroatoms. The number of amides is 1. The molecule has 1 aliphatic heterocycles. The first-order valence-corrected chi connectivity index (χ1v) is 7.52. The first-order valence-electron chi connectivity index (χ1n) is 6.64. The smallest absolute Gasteiger partial charge is 0.236 e. The normalized spacial score (nSPS) is 17.6. The standard InChI is InChI=1S/C15H16N2O2S/c18-14(17-12-3-7-16-8-4-12)15(5-9-19-10-6-15)13-2-1-11-20-13/h1-4,7-8,11H,5-6,9-10H2,(H,16,17,18). The molecule has 1 N–H and O–H groups in total. The number of nitrogens with zero attached hydrogens (tertiary/aromatic N) is 1. The number of hydrogen-bond donors (Lipinski definition) is 1. The van der Waals surface area contributed by atoms with Crippen molar-refractivity contribution in [1.82, 2.24) is 4.98 Å². The van der Waals surface area contributed by atoms with E-state index in [9.17, 15) is 4.79 Å². The lowest BCUT2D eigenvalue weighted by atomic mass is 9.78. The first-order chi connectivity index (χ1) is 9.81. The van der Waals surface area contributed by atoms with Crippen LogP contribution in [0.4, 0.5) is 5.69 Å². The highest BCUT2D eigenvalue weighted by Crippen LogP contribution is 2.38. The molecule has 20 heavy (non-hydrogen) atoms. The molecular formula is C15H16N2O2S. The summed E-state index contributed by atoms with van der Waals surface area (Å²) in [5.41, 5.74) is 0.322. The summed E-state index contributed by atoms with van der Waals surface area (Å²) in [6.45, 7) is 1.25. The molecule has 0 radical (unpaired) electrons. The highest BCUT2D eigenvalue weighted by Gasteiger charge is 2.42. The van der Waals surface area contributed by atoms with Crippen LogP contribution in [0.1, 0.15) is 17.7 Å². The summed E-state index contributed by atoms with van der Waals surface area (Å²) >= 11 is 1.64. The number of thiophene rings is 1. The van der Waals surface area contributed by atoms with Crippen LogP contribution in [-0.2, 0) is 14.9 Å². The van der Waals surface area contributed by atoms with Crippen molar-refractivity contribution in [3.63, 3.8) is 0 Å². The molecule has 0 saturated carbocycles. The van der Waals surface area contributed by atoms with Crippen LogP contribution in [0.25, 0.3) is 0 Å². The number of anilines is 1. The molecule has 104 valence electrons. The fraction of sp³-hybridized carbons (Fsp3) is 0.333. The van der Waals surface area contributed by atoms with Gasteiger partial charge in [-0.2, -0.15) is 0 Å². The van der Waals surface area contributed by atoms with Gasteiger partial charge < -0.3 is 10.1 Å². The fourth-order valence-corrected chi connectivity index (χ4v) is 3.53. The van der Waals surface area contributed by atoms with Crippen molar-refractivity contribution in [3.05, 3.63) is 46.9 Å². The van der Waals surface area contributed by atoms with Crippen molar-refractivity contribution in [3.8, 4) is 0 Å². The van der Waals surface area contributed by atoms with Gasteiger partial charge in [0.1, 0.15) is 0 Å². The van der Waals surface area contributed by atoms with E-state index in [0.717, 1.165) is 23.4 Å². The Hall–Kier alpha value is -1.72. The van der Waals surface area contributed by atoms with Gasteiger partial charge in [-0.15, -0.1) is 11.3 Å². The van der Waals surface area contributed by atoms with Gasteiger partial charge >= 0.3 is 0 Å². The van der Waals surface area contributed by atoms with Crippen LogP contribution in [0.3, 0.4) is 0 Å². The number of hydrogen-bond acceptors (Lipinski definition) is 4. The number of rotatable bonds is 3. The Bertz CT molecular complexity index is 563. The second-order valence-electron chi connectivity index (χ2n) is 4.86. The Morgan fingerprint density at radius 1 is 1.25 bits per heavy atom. The van der Waals surface area contributed by atoms with Gasteiger partial charge in [-0.25, -0.2) is 0 Å². The van der Waals surface area contributed by atoms with E-state index in [1.165, 1.54) is 0 Å². The Labute approximate surface area is 121 Å². The maximum atomic E-state index is 12.8. The zero-order valence-electron chi connectivity index (χ0n) is 11.0. The highest BCUT2D eigenvalue weighted by atomic mass is 32.1. The van der Waals surface area contributed by atoms with Gasteiger partial charge in [0.15, 0.2) is 0 Å². The molecule has 0 spiro atoms. The molecule has 1 fully saturated rings. The van der Waals surface area contributed by atoms with E-state index in [1.807, 2.05) is 17.5 Å². The topological polar surface area (TPSA) is 51.2 Å². The minimum Gasteiger partial charge on any atom is -0.381 e. The number of nitrogens with one attached hydrogen (secondary N) is 1. The summed E-state index contributed by atoms with van der Waals surface area (Å²) in [7, 11) is 0. The summed E-state index contributed by atoms with van der Waals surface area (Å²) in [5.74, 6) is 0.0504. The van der Waals surface area contributed by atoms with Crippen molar-refractivity contribution in [1.29, 1.82) is 0 Å². The van der Waals surface area contributed by atoms with Crippen LogP contribution in [-0.4, -0.2) is 24.1 Å². The number of carbonyl (C=O) groups is 1. The molecule has 1 amide bonds. The number of pyridine rings is 1. The van der Waals surface area contributed by atoms with Gasteiger partial charge in [0.25, 0.3) is 0 Å². The fourth-order valence-electron chi connectivity index (χ4n) is 2.54. The largest absolute Gasteiger partial charge is 0.381 e. The van der Waals surface area contributed by atoms with Crippen LogP contribution >= 0.6 is 11.3 Å². The van der Waals surface area contributed by atoms with Crippen molar-refractivity contribution < 1.29 is 9.53 Å². The molecule has 3 rings (SSSR count). The quantitative estimate of drug-likeness (QED) is 0.945. The highest BCUT2D eigenvalue weighted by molar-refractivity contribution is 7.10. The molecule has 0 unspecified atom stereocenters. The monoisotopic (exact) mass is 288 g/mol. The molecule has 0 bridgehead atoms. The third-order valence-corrected chi connectivity index (χ3v) is 4.79. The zero-order valence-corrected chi connectivity index (χ0v) is 11.9. The van der Waals surface area contributed by atoms with E-state index < -0.39 is 5.41 Å². The van der Waals surface area contributed by atoms with E-state index in [-0.39, 0.29) is 5.91 Å². The van der Waals surface area contributed by atoms with Crippen LogP contribution in [0.5, 0.6) is 0 Å². The predicted octanol–water partition coefficient (Wildman–Crippen LogP) is 2.83. The summed E-state index contributed by atoms with van der Waals surface area (Å²) in [6.07, 6.45) is 4.81. The molecule has 3 heterocycles. The maximum Gasteiger partial charge on any atom is 0.236 e. The molecule has 2 aromatic rings. The lowest BCUT2D eigenvalue weighted by Crippen LogP contribution is -2.44. The Balaban J connectivity index is 1.88. The van der Waals surface area contributed by atoms with E-state index in [4.69, 9.17) is 4.74 Å². The van der Waals surface area contributed by atoms with Gasteiger partial charge in [0, 0.05) is 36.2 Å². The second kappa shape index (κ2) is 5.73. The number of ether oxygens (including phenoxy) is 1. The lowest BCUT2D eigenvalue weighted by Gasteiger charge is -2.35. The summed E-state index contributed by atoms with van der Waals surface area (Å²) in [5, 5.41) is 5.03. The van der Waals surface area contributed by atoms with Crippen molar-refractivity contribution >= 4 is 22.9 Å². The van der Waals surface area contributed by atoms with Crippen molar-refractivity contribution in [2.24, 2.45) is 0 Å². The molecule has 1 aliphatic rings. The molecule has 0 aliphatic carbocycles. The zero-order chi connectivity index (χ0) is 13.8. The average molecular weight is 288 g/mol. The molecule has 4 nitrogen and oxygen atoms in total. The van der Waals surface area contributed by atoms with E-state index >= 15 is 0 Å². The van der Waals surface area contributed by atoms with Crippen LogP contribution in [0.2, 0.25) is 0 Å². The Kier molecular flexibility index (Phi) is 3.80. The molecule has 1 saturated heterocycles. The van der Waals surface area contributed by atoms with Crippen molar-refractivity contribution in [2.45, 2.75) is 18.3 Å². The van der Waals surface area contributed by atoms with E-state index in [2.05, 4.69) is 10.3 Å². The summed E-state index contributed by atoms with van der Waals surface area (Å²) < 4.78 is 5.44. The average Bonchev–Trinajstić information content (AvgIpc) is 3.04. The van der Waals surface area contributed by atoms with E-state index in [0.29, 0.717) is 13.2 Å². The van der Waals surface area contributed by atoms with Gasteiger partial charge in [0.05, 0.1) is 5.41 Å². The van der Waals surface area contributed by atoms with Gasteiger partial charge in [-0.05, 0) is 36.4 Å². The first kappa shape index (κ1) is 13.3. The van der Waals surface area contributed by atoms with Crippen LogP contribution in [0, 0.1) is 0 Å². The minimum atomic E-state index is -0.463. The Morgan fingerprint density at radius 3 is 2.65 bits per heavy atom. The third-order valence-electron chi connectivity index (χ3n) is 3.71. The van der Waals surface area contributed by atoms with Gasteiger partial charge in [-0.1, -0.05) is 6.07 Å².